The average molecular weight is 291 g/mol. The van der Waals surface area contributed by atoms with Gasteiger partial charge < -0.3 is 4.43 Å². The van der Waals surface area contributed by atoms with Gasteiger partial charge in [-0.2, -0.15) is 0 Å². The van der Waals surface area contributed by atoms with Crippen LogP contribution >= 0.6 is 23.2 Å². The normalized spacial score (nSPS) is 11.8. The maximum absolute atomic E-state index is 6.20. The van der Waals surface area contributed by atoms with Gasteiger partial charge in [0.05, 0.1) is 6.61 Å². The molecule has 0 atom stereocenters. The van der Waals surface area contributed by atoms with Gasteiger partial charge in [-0.3, -0.25) is 0 Å². The van der Waals surface area contributed by atoms with Gasteiger partial charge >= 0.3 is 0 Å². The quantitative estimate of drug-likeness (QED) is 0.627. The largest absolute Gasteiger partial charge is 0.413 e. The molecule has 0 aromatic heterocycles. The van der Waals surface area contributed by atoms with Crippen LogP contribution in [0, 0.1) is 0 Å². The maximum atomic E-state index is 6.20. The fraction of sp³-hybridized carbons (Fsp3) is 0.538. The maximum Gasteiger partial charge on any atom is 0.192 e. The molecule has 1 aromatic rings. The lowest BCUT2D eigenvalue weighted by atomic mass is 10.2. The molecule has 96 valence electrons. The zero-order chi connectivity index (χ0) is 12.9. The van der Waals surface area contributed by atoms with E-state index in [0.717, 1.165) is 23.7 Å². The summed E-state index contributed by atoms with van der Waals surface area (Å²) in [5.41, 5.74) is 1.03. The van der Waals surface area contributed by atoms with Crippen LogP contribution in [0.3, 0.4) is 0 Å². The molecule has 0 spiro atoms. The van der Waals surface area contributed by atoms with Crippen molar-refractivity contribution in [3.8, 4) is 0 Å². The van der Waals surface area contributed by atoms with E-state index >= 15 is 0 Å². The van der Waals surface area contributed by atoms with Crippen molar-refractivity contribution in [1.29, 1.82) is 0 Å². The first-order chi connectivity index (χ1) is 8.06. The lowest BCUT2D eigenvalue weighted by molar-refractivity contribution is 0.287. The van der Waals surface area contributed by atoms with Crippen LogP contribution < -0.4 is 0 Å². The summed E-state index contributed by atoms with van der Waals surface area (Å²) < 4.78 is 6.20. The van der Waals surface area contributed by atoms with Crippen LogP contribution in [-0.2, 0) is 11.0 Å². The molecule has 17 heavy (non-hydrogen) atoms. The first-order valence-corrected chi connectivity index (χ1v) is 9.43. The van der Waals surface area contributed by atoms with Crippen molar-refractivity contribution in [3.63, 3.8) is 0 Å². The Morgan fingerprint density at radius 3 is 2.12 bits per heavy atom. The van der Waals surface area contributed by atoms with Crippen LogP contribution in [0.2, 0.25) is 28.2 Å². The Bertz CT molecular complexity index is 356. The van der Waals surface area contributed by atoms with E-state index in [-0.39, 0.29) is 0 Å². The van der Waals surface area contributed by atoms with Gasteiger partial charge in [0.2, 0.25) is 0 Å². The van der Waals surface area contributed by atoms with E-state index in [0.29, 0.717) is 16.7 Å². The first kappa shape index (κ1) is 15.0. The van der Waals surface area contributed by atoms with Crippen molar-refractivity contribution in [1.82, 2.24) is 0 Å². The highest BCUT2D eigenvalue weighted by Gasteiger charge is 2.28. The van der Waals surface area contributed by atoms with E-state index in [1.807, 2.05) is 12.1 Å². The molecule has 0 N–H and O–H groups in total. The summed E-state index contributed by atoms with van der Waals surface area (Å²) in [6.07, 6.45) is 0. The van der Waals surface area contributed by atoms with Crippen LogP contribution in [0.4, 0.5) is 0 Å². The smallest absolute Gasteiger partial charge is 0.192 e. The van der Waals surface area contributed by atoms with Crippen molar-refractivity contribution >= 4 is 31.5 Å². The molecule has 0 unspecified atom stereocenters. The minimum Gasteiger partial charge on any atom is -0.413 e. The van der Waals surface area contributed by atoms with Crippen molar-refractivity contribution < 1.29 is 4.43 Å². The Balaban J connectivity index is 2.72. The summed E-state index contributed by atoms with van der Waals surface area (Å²) in [7, 11) is -1.53. The lowest BCUT2D eigenvalue weighted by Crippen LogP contribution is -2.35. The summed E-state index contributed by atoms with van der Waals surface area (Å²) in [6.45, 7) is 7.28. The van der Waals surface area contributed by atoms with Crippen LogP contribution in [-0.4, -0.2) is 8.32 Å². The molecular weight excluding hydrogens is 271 g/mol. The van der Waals surface area contributed by atoms with Crippen molar-refractivity contribution in [2.45, 2.75) is 45.5 Å². The molecular formula is C13H20Cl2OSi. The highest BCUT2D eigenvalue weighted by Crippen LogP contribution is 2.26. The van der Waals surface area contributed by atoms with E-state index in [1.165, 1.54) is 0 Å². The Labute approximate surface area is 115 Å². The molecule has 0 saturated heterocycles. The van der Waals surface area contributed by atoms with Gasteiger partial charge in [0.15, 0.2) is 8.32 Å². The third kappa shape index (κ3) is 3.99. The second-order valence-electron chi connectivity index (χ2n) is 4.27. The Morgan fingerprint density at radius 1 is 1.06 bits per heavy atom. The number of halogens is 2. The van der Waals surface area contributed by atoms with Crippen molar-refractivity contribution in [3.05, 3.63) is 33.8 Å². The SMILES string of the molecule is CC[Si](CC)(CC)OCc1ccc(Cl)cc1Cl. The fourth-order valence-electron chi connectivity index (χ4n) is 1.93. The summed E-state index contributed by atoms with van der Waals surface area (Å²) in [4.78, 5) is 0. The average Bonchev–Trinajstić information content (AvgIpc) is 2.33. The number of rotatable bonds is 6. The van der Waals surface area contributed by atoms with Crippen LogP contribution in [0.15, 0.2) is 18.2 Å². The van der Waals surface area contributed by atoms with E-state index < -0.39 is 8.32 Å². The third-order valence-corrected chi connectivity index (χ3v) is 8.69. The van der Waals surface area contributed by atoms with E-state index in [4.69, 9.17) is 27.6 Å². The van der Waals surface area contributed by atoms with E-state index in [2.05, 4.69) is 20.8 Å². The molecule has 4 heteroatoms. The number of benzene rings is 1. The van der Waals surface area contributed by atoms with E-state index in [9.17, 15) is 0 Å². The summed E-state index contributed by atoms with van der Waals surface area (Å²) in [5.74, 6) is 0. The van der Waals surface area contributed by atoms with Gasteiger partial charge in [-0.25, -0.2) is 0 Å². The Kier molecular flexibility index (Phi) is 6.00. The molecule has 0 aliphatic heterocycles. The molecule has 0 heterocycles. The third-order valence-electron chi connectivity index (χ3n) is 3.48. The minimum absolute atomic E-state index is 0.609. The van der Waals surface area contributed by atoms with Gasteiger partial charge in [-0.15, -0.1) is 0 Å². The molecule has 0 bridgehead atoms. The Hall–Kier alpha value is -0.0231. The fourth-order valence-corrected chi connectivity index (χ4v) is 4.96. The molecule has 0 saturated carbocycles. The molecule has 1 nitrogen and oxygen atoms in total. The molecule has 0 aliphatic rings. The second-order valence-corrected chi connectivity index (χ2v) is 9.89. The summed E-state index contributed by atoms with van der Waals surface area (Å²) >= 11 is 12.0. The molecule has 0 amide bonds. The van der Waals surface area contributed by atoms with Crippen molar-refractivity contribution in [2.75, 3.05) is 0 Å². The minimum atomic E-state index is -1.53. The van der Waals surface area contributed by atoms with E-state index in [1.54, 1.807) is 6.07 Å². The molecule has 0 fully saturated rings. The second kappa shape index (κ2) is 6.79. The van der Waals surface area contributed by atoms with Crippen molar-refractivity contribution in [2.24, 2.45) is 0 Å². The topological polar surface area (TPSA) is 9.23 Å². The number of hydrogen-bond acceptors (Lipinski definition) is 1. The lowest BCUT2D eigenvalue weighted by Gasteiger charge is -2.28. The first-order valence-electron chi connectivity index (χ1n) is 6.14. The molecule has 1 aromatic carbocycles. The molecule has 0 aliphatic carbocycles. The van der Waals surface area contributed by atoms with Gasteiger partial charge in [0, 0.05) is 10.0 Å². The standard InChI is InChI=1S/C13H20Cl2OSi/c1-4-17(5-2,6-3)16-10-11-7-8-12(14)9-13(11)15/h7-9H,4-6,10H2,1-3H3. The van der Waals surface area contributed by atoms with Gasteiger partial charge in [0.25, 0.3) is 0 Å². The monoisotopic (exact) mass is 290 g/mol. The van der Waals surface area contributed by atoms with Crippen LogP contribution in [0.5, 0.6) is 0 Å². The summed E-state index contributed by atoms with van der Waals surface area (Å²) in [5, 5.41) is 1.37. The predicted molar refractivity (Wildman–Crippen MR) is 78.4 cm³/mol. The number of hydrogen-bond donors (Lipinski definition) is 0. The van der Waals surface area contributed by atoms with Crippen LogP contribution in [0.1, 0.15) is 26.3 Å². The van der Waals surface area contributed by atoms with Crippen LogP contribution in [0.25, 0.3) is 0 Å². The molecule has 0 radical (unpaired) electrons. The van der Waals surface area contributed by atoms with Gasteiger partial charge in [0.1, 0.15) is 0 Å². The Morgan fingerprint density at radius 2 is 1.65 bits per heavy atom. The van der Waals surface area contributed by atoms with Gasteiger partial charge in [-0.1, -0.05) is 50.0 Å². The zero-order valence-electron chi connectivity index (χ0n) is 10.7. The summed E-state index contributed by atoms with van der Waals surface area (Å²) in [6, 6.07) is 9.06. The highest BCUT2D eigenvalue weighted by atomic mass is 35.5. The predicted octanol–water partition coefficient (Wildman–Crippen LogP) is 5.52. The molecule has 1 rings (SSSR count). The van der Waals surface area contributed by atoms with Gasteiger partial charge in [-0.05, 0) is 35.8 Å². The highest BCUT2D eigenvalue weighted by molar-refractivity contribution is 6.73. The zero-order valence-corrected chi connectivity index (χ0v) is 13.2.